The van der Waals surface area contributed by atoms with Gasteiger partial charge in [0.15, 0.2) is 0 Å². The Hall–Kier alpha value is -6.12. The van der Waals surface area contributed by atoms with E-state index in [-0.39, 0.29) is 33.5 Å². The topological polar surface area (TPSA) is 128 Å². The molecule has 388 valence electrons. The Morgan fingerprint density at radius 1 is 0.486 bits per heavy atom. The molecule has 0 aliphatic carbocycles. The smallest absolute Gasteiger partial charge is 0.242 e. The van der Waals surface area contributed by atoms with Crippen molar-refractivity contribution in [1.29, 1.82) is 0 Å². The van der Waals surface area contributed by atoms with Crippen LogP contribution in [0.4, 0.5) is 0 Å². The minimum absolute atomic E-state index is 0.0784. The Morgan fingerprint density at radius 2 is 0.878 bits per heavy atom. The standard InChI is InChI=1S/2C30H37N5OS/c1-29(2,3)22-13-21(14-23(15-22)30(4,5)6)28-32-17-26(37-28)20-8-11-34(12-9-20)27(36)18-35-19-33-24-16-31-10-7-25(24)35;1-29(2,3)22-13-21(14-23(15-22)30(4,5)6)28-32-17-26(37-28)20-8-11-34(12-9-20)27(36)18-35-19-33-24-7-10-31-16-25(24)35/h2*7,10,13-17,19-20H,8-9,11-12,18H2,1-6H3. The molecule has 74 heavy (non-hydrogen) atoms. The van der Waals surface area contributed by atoms with Gasteiger partial charge in [-0.1, -0.05) is 95.2 Å². The molecule has 2 aliphatic rings. The number of carbonyl (C=O) groups is 2. The van der Waals surface area contributed by atoms with Gasteiger partial charge in [0.05, 0.1) is 41.6 Å². The van der Waals surface area contributed by atoms with Crippen molar-refractivity contribution in [3.05, 3.63) is 130 Å². The zero-order chi connectivity index (χ0) is 52.7. The van der Waals surface area contributed by atoms with Gasteiger partial charge in [-0.15, -0.1) is 22.7 Å². The van der Waals surface area contributed by atoms with Gasteiger partial charge in [-0.25, -0.2) is 19.9 Å². The molecule has 0 bridgehead atoms. The zero-order valence-corrected chi connectivity index (χ0v) is 47.2. The van der Waals surface area contributed by atoms with Crippen LogP contribution in [0.25, 0.3) is 43.2 Å². The number of rotatable bonds is 8. The summed E-state index contributed by atoms with van der Waals surface area (Å²) in [6.45, 7) is 31.0. The van der Waals surface area contributed by atoms with Gasteiger partial charge in [0.1, 0.15) is 28.6 Å². The molecule has 14 heteroatoms. The van der Waals surface area contributed by atoms with E-state index in [1.165, 1.54) is 43.1 Å². The van der Waals surface area contributed by atoms with Crippen LogP contribution in [0.15, 0.2) is 98.4 Å². The Balaban J connectivity index is 0.000000182. The van der Waals surface area contributed by atoms with E-state index in [1.54, 1.807) is 37.4 Å². The molecule has 2 saturated heterocycles. The van der Waals surface area contributed by atoms with Crippen LogP contribution < -0.4 is 0 Å². The number of hydrogen-bond acceptors (Lipinski definition) is 10. The second kappa shape index (κ2) is 20.9. The van der Waals surface area contributed by atoms with Crippen molar-refractivity contribution in [3.63, 3.8) is 0 Å². The summed E-state index contributed by atoms with van der Waals surface area (Å²) < 4.78 is 3.81. The van der Waals surface area contributed by atoms with Gasteiger partial charge < -0.3 is 18.9 Å². The maximum absolute atomic E-state index is 13.0. The van der Waals surface area contributed by atoms with E-state index in [1.807, 2.05) is 53.7 Å². The maximum Gasteiger partial charge on any atom is 0.242 e. The highest BCUT2D eigenvalue weighted by molar-refractivity contribution is 7.15. The Labute approximate surface area is 445 Å². The van der Waals surface area contributed by atoms with E-state index in [4.69, 9.17) is 9.97 Å². The number of nitrogens with zero attached hydrogens (tertiary/aromatic N) is 10. The molecule has 0 N–H and O–H groups in total. The van der Waals surface area contributed by atoms with E-state index in [2.05, 4.69) is 152 Å². The maximum atomic E-state index is 13.0. The molecule has 12 nitrogen and oxygen atoms in total. The quantitative estimate of drug-likeness (QED) is 0.147. The van der Waals surface area contributed by atoms with Crippen LogP contribution in [0, 0.1) is 0 Å². The van der Waals surface area contributed by atoms with E-state index < -0.39 is 0 Å². The van der Waals surface area contributed by atoms with Crippen molar-refractivity contribution in [2.45, 2.75) is 155 Å². The largest absolute Gasteiger partial charge is 0.341 e. The number of benzene rings is 2. The molecule has 0 radical (unpaired) electrons. The Bertz CT molecular complexity index is 2980. The summed E-state index contributed by atoms with van der Waals surface area (Å²) >= 11 is 3.63. The molecule has 2 aliphatic heterocycles. The zero-order valence-electron chi connectivity index (χ0n) is 45.6. The van der Waals surface area contributed by atoms with Gasteiger partial charge in [0.25, 0.3) is 0 Å². The van der Waals surface area contributed by atoms with E-state index in [0.29, 0.717) is 24.9 Å². The summed E-state index contributed by atoms with van der Waals surface area (Å²) in [6, 6.07) is 17.7. The number of aromatic nitrogens is 8. The molecule has 10 rings (SSSR count). The lowest BCUT2D eigenvalue weighted by atomic mass is 9.79. The minimum atomic E-state index is 0.0784. The third kappa shape index (κ3) is 12.0. The second-order valence-electron chi connectivity index (χ2n) is 24.5. The average molecular weight is 1030 g/mol. The lowest BCUT2D eigenvalue weighted by Gasteiger charge is -2.31. The SMILES string of the molecule is CC(C)(C)c1cc(-c2ncc(C3CCN(C(=O)Cn4cnc5ccncc54)CC3)s2)cc(C(C)(C)C)c1.CC(C)(C)c1cc(-c2ncc(C3CCN(C(=O)Cn4cnc5cnccc54)CC3)s2)cc(C(C)(C)C)c1. The number of fused-ring (bicyclic) bond motifs is 2. The fourth-order valence-electron chi connectivity index (χ4n) is 9.84. The number of carbonyl (C=O) groups excluding carboxylic acids is 2. The van der Waals surface area contributed by atoms with Crippen LogP contribution in [-0.2, 0) is 44.3 Å². The molecule has 0 spiro atoms. The first-order chi connectivity index (χ1) is 35.0. The second-order valence-corrected chi connectivity index (χ2v) is 26.6. The number of likely N-dealkylation sites (tertiary alicyclic amines) is 2. The Morgan fingerprint density at radius 3 is 1.31 bits per heavy atom. The monoisotopic (exact) mass is 1030 g/mol. The van der Waals surface area contributed by atoms with E-state index in [9.17, 15) is 9.59 Å². The number of amides is 2. The summed E-state index contributed by atoms with van der Waals surface area (Å²) in [4.78, 5) is 59.4. The summed E-state index contributed by atoms with van der Waals surface area (Å²) in [5.41, 5.74) is 11.7. The van der Waals surface area contributed by atoms with Gasteiger partial charge in [-0.05, 0) is 118 Å². The first kappa shape index (κ1) is 52.7. The van der Waals surface area contributed by atoms with Gasteiger partial charge in [0, 0.05) is 71.8 Å². The molecular formula is C60H74N10O2S2. The van der Waals surface area contributed by atoms with E-state index >= 15 is 0 Å². The van der Waals surface area contributed by atoms with Crippen LogP contribution in [0.3, 0.4) is 0 Å². The van der Waals surface area contributed by atoms with Crippen molar-refractivity contribution < 1.29 is 9.59 Å². The van der Waals surface area contributed by atoms with Crippen molar-refractivity contribution in [1.82, 2.24) is 48.8 Å². The fraction of sp³-hybridized carbons (Fsp3) is 0.467. The molecule has 0 atom stereocenters. The van der Waals surface area contributed by atoms with Crippen LogP contribution in [-0.4, -0.2) is 86.8 Å². The fourth-order valence-corrected chi connectivity index (χ4v) is 12.0. The van der Waals surface area contributed by atoms with Crippen molar-refractivity contribution in [3.8, 4) is 21.1 Å². The lowest BCUT2D eigenvalue weighted by molar-refractivity contribution is -0.133. The molecule has 8 aromatic rings. The predicted octanol–water partition coefficient (Wildman–Crippen LogP) is 13.1. The summed E-state index contributed by atoms with van der Waals surface area (Å²) in [5.74, 6) is 1.18. The third-order valence-electron chi connectivity index (χ3n) is 14.8. The molecular weight excluding hydrogens is 957 g/mol. The van der Waals surface area contributed by atoms with Crippen LogP contribution in [0.2, 0.25) is 0 Å². The van der Waals surface area contributed by atoms with E-state index in [0.717, 1.165) is 83.9 Å². The van der Waals surface area contributed by atoms with Gasteiger partial charge in [-0.3, -0.25) is 19.6 Å². The van der Waals surface area contributed by atoms with Crippen LogP contribution >= 0.6 is 22.7 Å². The van der Waals surface area contributed by atoms with Gasteiger partial charge in [0.2, 0.25) is 11.8 Å². The number of hydrogen-bond donors (Lipinski definition) is 0. The molecule has 2 fully saturated rings. The number of pyridine rings is 2. The highest BCUT2D eigenvalue weighted by atomic mass is 32.1. The van der Waals surface area contributed by atoms with Crippen molar-refractivity contribution in [2.24, 2.45) is 0 Å². The average Bonchev–Trinajstić information content (AvgIpc) is 4.21. The van der Waals surface area contributed by atoms with Gasteiger partial charge in [-0.2, -0.15) is 0 Å². The molecule has 2 amide bonds. The number of imidazole rings is 2. The summed E-state index contributed by atoms with van der Waals surface area (Å²) in [6.07, 6.45) is 18.4. The lowest BCUT2D eigenvalue weighted by Crippen LogP contribution is -2.39. The molecule has 6 aromatic heterocycles. The first-order valence-corrected chi connectivity index (χ1v) is 27.9. The third-order valence-corrected chi connectivity index (χ3v) is 17.2. The highest BCUT2D eigenvalue weighted by Gasteiger charge is 2.29. The highest BCUT2D eigenvalue weighted by Crippen LogP contribution is 2.41. The molecule has 0 saturated carbocycles. The summed E-state index contributed by atoms with van der Waals surface area (Å²) in [7, 11) is 0. The van der Waals surface area contributed by atoms with Crippen LogP contribution in [0.5, 0.6) is 0 Å². The first-order valence-electron chi connectivity index (χ1n) is 26.3. The number of thiazole rings is 2. The summed E-state index contributed by atoms with van der Waals surface area (Å²) in [5, 5.41) is 2.18. The minimum Gasteiger partial charge on any atom is -0.341 e. The normalized spacial score (nSPS) is 15.5. The predicted molar refractivity (Wildman–Crippen MR) is 302 cm³/mol. The molecule has 8 heterocycles. The van der Waals surface area contributed by atoms with Crippen molar-refractivity contribution >= 4 is 56.6 Å². The molecule has 2 aromatic carbocycles. The van der Waals surface area contributed by atoms with Crippen molar-refractivity contribution in [2.75, 3.05) is 26.2 Å². The van der Waals surface area contributed by atoms with Crippen LogP contribution in [0.1, 0.15) is 153 Å². The van der Waals surface area contributed by atoms with Gasteiger partial charge >= 0.3 is 0 Å². The number of piperidine rings is 2. The Kier molecular flexibility index (Phi) is 14.9. The molecule has 0 unspecified atom stereocenters.